The maximum absolute atomic E-state index is 13.6. The molecule has 0 saturated heterocycles. The van der Waals surface area contributed by atoms with Crippen LogP contribution in [0.25, 0.3) is 21.3 Å². The first-order valence-corrected chi connectivity index (χ1v) is 12.8. The zero-order valence-electron chi connectivity index (χ0n) is 16.5. The van der Waals surface area contributed by atoms with Gasteiger partial charge in [0.2, 0.25) is 0 Å². The van der Waals surface area contributed by atoms with Crippen molar-refractivity contribution in [1.82, 2.24) is 9.97 Å². The molecule has 0 bridgehead atoms. The Morgan fingerprint density at radius 3 is 2.63 bits per heavy atom. The molecule has 30 heavy (non-hydrogen) atoms. The van der Waals surface area contributed by atoms with Gasteiger partial charge in [-0.15, -0.1) is 23.1 Å². The van der Waals surface area contributed by atoms with E-state index in [4.69, 9.17) is 0 Å². The monoisotopic (exact) mass is 453 g/mol. The van der Waals surface area contributed by atoms with Gasteiger partial charge in [-0.05, 0) is 55.8 Å². The number of benzene rings is 2. The van der Waals surface area contributed by atoms with E-state index in [0.717, 1.165) is 48.4 Å². The Kier molecular flexibility index (Phi) is 4.80. The lowest BCUT2D eigenvalue weighted by Gasteiger charge is -2.30. The molecule has 4 aromatic rings. The number of thiazole rings is 1. The molecule has 8 heteroatoms. The van der Waals surface area contributed by atoms with Crippen molar-refractivity contribution in [2.45, 2.75) is 23.6 Å². The predicted octanol–water partition coefficient (Wildman–Crippen LogP) is 5.28. The molecule has 0 aliphatic carbocycles. The Morgan fingerprint density at radius 1 is 1.00 bits per heavy atom. The third-order valence-electron chi connectivity index (χ3n) is 5.08. The van der Waals surface area contributed by atoms with Crippen LogP contribution in [0.2, 0.25) is 0 Å². The minimum Gasteiger partial charge on any atom is -0.264 e. The van der Waals surface area contributed by atoms with Crippen LogP contribution in [0.15, 0.2) is 64.5 Å². The van der Waals surface area contributed by atoms with Crippen molar-refractivity contribution in [3.8, 4) is 11.1 Å². The van der Waals surface area contributed by atoms with Crippen molar-refractivity contribution in [1.29, 1.82) is 0 Å². The van der Waals surface area contributed by atoms with Crippen molar-refractivity contribution < 1.29 is 8.42 Å². The lowest BCUT2D eigenvalue weighted by atomic mass is 10.1. The van der Waals surface area contributed by atoms with Gasteiger partial charge in [0.15, 0.2) is 0 Å². The van der Waals surface area contributed by atoms with E-state index < -0.39 is 10.0 Å². The fraction of sp³-hybridized carbons (Fsp3) is 0.182. The van der Waals surface area contributed by atoms with E-state index in [9.17, 15) is 8.42 Å². The van der Waals surface area contributed by atoms with Crippen molar-refractivity contribution in [3.05, 3.63) is 65.4 Å². The number of rotatable bonds is 3. The van der Waals surface area contributed by atoms with Crippen molar-refractivity contribution in [2.75, 3.05) is 16.6 Å². The minimum absolute atomic E-state index is 0.305. The molecule has 152 valence electrons. The van der Waals surface area contributed by atoms with E-state index in [-0.39, 0.29) is 0 Å². The molecule has 2 aromatic carbocycles. The molecular weight excluding hydrogens is 434 g/mol. The number of hydrogen-bond donors (Lipinski definition) is 0. The zero-order chi connectivity index (χ0) is 20.9. The van der Waals surface area contributed by atoms with E-state index in [1.807, 2.05) is 50.4 Å². The van der Waals surface area contributed by atoms with E-state index in [1.54, 1.807) is 34.3 Å². The van der Waals surface area contributed by atoms with Gasteiger partial charge in [-0.3, -0.25) is 9.29 Å². The largest absolute Gasteiger partial charge is 0.264 e. The van der Waals surface area contributed by atoms with Crippen LogP contribution in [-0.2, 0) is 10.0 Å². The summed E-state index contributed by atoms with van der Waals surface area (Å²) in [5.41, 5.74) is 4.44. The number of aromatic nitrogens is 2. The third kappa shape index (κ3) is 3.38. The number of hydrogen-bond acceptors (Lipinski definition) is 6. The van der Waals surface area contributed by atoms with Crippen molar-refractivity contribution in [2.24, 2.45) is 0 Å². The molecule has 0 fully saturated rings. The Morgan fingerprint density at radius 2 is 1.83 bits per heavy atom. The van der Waals surface area contributed by atoms with Crippen LogP contribution in [-0.4, -0.2) is 30.7 Å². The fourth-order valence-electron chi connectivity index (χ4n) is 3.57. The highest BCUT2D eigenvalue weighted by Crippen LogP contribution is 2.40. The van der Waals surface area contributed by atoms with E-state index >= 15 is 0 Å². The number of fused-ring (bicyclic) bond motifs is 2. The van der Waals surface area contributed by atoms with Crippen molar-refractivity contribution in [3.63, 3.8) is 0 Å². The average Bonchev–Trinajstić information content (AvgIpc) is 3.12. The van der Waals surface area contributed by atoms with Gasteiger partial charge in [0, 0.05) is 34.6 Å². The summed E-state index contributed by atoms with van der Waals surface area (Å²) in [6.45, 7) is 4.32. The fourth-order valence-corrected chi connectivity index (χ4v) is 7.16. The smallest absolute Gasteiger partial charge is 0.264 e. The Bertz CT molecular complexity index is 1360. The topological polar surface area (TPSA) is 63.2 Å². The average molecular weight is 454 g/mol. The van der Waals surface area contributed by atoms with Gasteiger partial charge < -0.3 is 0 Å². The van der Waals surface area contributed by atoms with Gasteiger partial charge in [-0.2, -0.15) is 0 Å². The Hall–Kier alpha value is -2.42. The number of pyridine rings is 1. The van der Waals surface area contributed by atoms with E-state index in [2.05, 4.69) is 9.97 Å². The maximum Gasteiger partial charge on any atom is 0.264 e. The summed E-state index contributed by atoms with van der Waals surface area (Å²) in [5.74, 6) is 0.722. The maximum atomic E-state index is 13.6. The number of sulfonamides is 1. The Balaban J connectivity index is 1.59. The second kappa shape index (κ2) is 7.37. The van der Waals surface area contributed by atoms with Crippen LogP contribution >= 0.6 is 23.1 Å². The highest BCUT2D eigenvalue weighted by atomic mass is 32.2. The zero-order valence-corrected chi connectivity index (χ0v) is 18.9. The lowest BCUT2D eigenvalue weighted by Crippen LogP contribution is -2.35. The number of nitrogens with zero attached hydrogens (tertiary/aromatic N) is 3. The molecule has 0 N–H and O–H groups in total. The first-order valence-electron chi connectivity index (χ1n) is 9.52. The third-order valence-corrected chi connectivity index (χ3v) is 8.86. The summed E-state index contributed by atoms with van der Waals surface area (Å²) in [5, 5.41) is 0.926. The standard InChI is InChI=1S/C22H19N3O2S3/c1-14-3-4-17(13-23-14)16-5-8-21-20(11-16)25(9-10-28-21)30(26,27)18-6-7-19-22(12-18)29-15(2)24-19/h3-8,11-13H,9-10H2,1-2H3. The van der Waals surface area contributed by atoms with Gasteiger partial charge in [0.1, 0.15) is 0 Å². The van der Waals surface area contributed by atoms with Gasteiger partial charge >= 0.3 is 0 Å². The normalized spacial score (nSPS) is 14.1. The van der Waals surface area contributed by atoms with Gasteiger partial charge in [-0.25, -0.2) is 13.4 Å². The molecule has 3 heterocycles. The first kappa shape index (κ1) is 19.5. The van der Waals surface area contributed by atoms with Gasteiger partial charge in [-0.1, -0.05) is 12.1 Å². The Labute approximate surface area is 183 Å². The molecule has 1 aliphatic rings. The second-order valence-corrected chi connectivity index (χ2v) is 11.4. The SMILES string of the molecule is Cc1ccc(-c2ccc3c(c2)N(S(=O)(=O)c2ccc4nc(C)sc4c2)CCS3)cn1. The van der Waals surface area contributed by atoms with E-state index in [1.165, 1.54) is 11.3 Å². The summed E-state index contributed by atoms with van der Waals surface area (Å²) < 4.78 is 29.6. The second-order valence-electron chi connectivity index (χ2n) is 7.16. The summed E-state index contributed by atoms with van der Waals surface area (Å²) >= 11 is 3.20. The number of thioether (sulfide) groups is 1. The molecule has 0 radical (unpaired) electrons. The van der Waals surface area contributed by atoms with Crippen LogP contribution in [0.1, 0.15) is 10.7 Å². The van der Waals surface area contributed by atoms with Crippen LogP contribution < -0.4 is 4.31 Å². The molecule has 0 spiro atoms. The summed E-state index contributed by atoms with van der Waals surface area (Å²) in [6.07, 6.45) is 1.83. The van der Waals surface area contributed by atoms with Crippen LogP contribution in [0.5, 0.6) is 0 Å². The minimum atomic E-state index is -3.68. The quantitative estimate of drug-likeness (QED) is 0.422. The molecule has 1 aliphatic heterocycles. The van der Waals surface area contributed by atoms with E-state index in [0.29, 0.717) is 11.4 Å². The highest BCUT2D eigenvalue weighted by molar-refractivity contribution is 8.00. The van der Waals surface area contributed by atoms with Gasteiger partial charge in [0.05, 0.1) is 25.8 Å². The predicted molar refractivity (Wildman–Crippen MR) is 124 cm³/mol. The number of aryl methyl sites for hydroxylation is 2. The van der Waals surface area contributed by atoms with Gasteiger partial charge in [0.25, 0.3) is 10.0 Å². The van der Waals surface area contributed by atoms with Crippen LogP contribution in [0.3, 0.4) is 0 Å². The highest BCUT2D eigenvalue weighted by Gasteiger charge is 2.30. The van der Waals surface area contributed by atoms with Crippen LogP contribution in [0.4, 0.5) is 5.69 Å². The molecular formula is C22H19N3O2S3. The molecule has 0 unspecified atom stereocenters. The van der Waals surface area contributed by atoms with Crippen LogP contribution in [0, 0.1) is 13.8 Å². The summed E-state index contributed by atoms with van der Waals surface area (Å²) in [4.78, 5) is 10.1. The van der Waals surface area contributed by atoms with Crippen molar-refractivity contribution >= 4 is 49.0 Å². The summed E-state index contributed by atoms with van der Waals surface area (Å²) in [6, 6.07) is 15.2. The molecule has 0 atom stereocenters. The number of anilines is 1. The first-order chi connectivity index (χ1) is 14.4. The molecule has 5 nitrogen and oxygen atoms in total. The molecule has 2 aromatic heterocycles. The lowest BCUT2D eigenvalue weighted by molar-refractivity contribution is 0.591. The molecule has 5 rings (SSSR count). The molecule has 0 amide bonds. The summed E-state index contributed by atoms with van der Waals surface area (Å²) in [7, 11) is -3.68. The molecule has 0 saturated carbocycles.